The molecule has 5 rings (SSSR count). The smallest absolute Gasteiger partial charge is 0.348 e. The van der Waals surface area contributed by atoms with Crippen molar-refractivity contribution in [1.29, 1.82) is 10.5 Å². The summed E-state index contributed by atoms with van der Waals surface area (Å²) in [5, 5.41) is 25.7. The molecule has 0 saturated heterocycles. The summed E-state index contributed by atoms with van der Waals surface area (Å²) in [7, 11) is 0. The Bertz CT molecular complexity index is 2000. The lowest BCUT2D eigenvalue weighted by Gasteiger charge is -2.13. The topological polar surface area (TPSA) is 177 Å². The van der Waals surface area contributed by atoms with E-state index in [0.717, 1.165) is 22.7 Å². The van der Waals surface area contributed by atoms with Crippen LogP contribution in [0.5, 0.6) is 11.5 Å². The van der Waals surface area contributed by atoms with Crippen molar-refractivity contribution in [3.8, 4) is 23.6 Å². The first-order valence-corrected chi connectivity index (χ1v) is 18.1. The van der Waals surface area contributed by atoms with Gasteiger partial charge in [-0.1, -0.05) is 36.4 Å². The molecule has 1 aliphatic rings. The van der Waals surface area contributed by atoms with Crippen LogP contribution in [0.25, 0.3) is 21.6 Å². The third-order valence-corrected chi connectivity index (χ3v) is 10.3. The summed E-state index contributed by atoms with van der Waals surface area (Å²) < 4.78 is 24.0. The summed E-state index contributed by atoms with van der Waals surface area (Å²) >= 11 is 2.32. The number of benzene rings is 2. The number of fused-ring (bicyclic) bond motifs is 2. The third kappa shape index (κ3) is 8.66. The first-order chi connectivity index (χ1) is 25.3. The molecular formula is C38H34N4O8S2. The summed E-state index contributed by atoms with van der Waals surface area (Å²) in [4.78, 5) is 53.0. The van der Waals surface area contributed by atoms with Crippen molar-refractivity contribution in [1.82, 2.24) is 10.6 Å². The monoisotopic (exact) mass is 738 g/mol. The lowest BCUT2D eigenvalue weighted by molar-refractivity contribution is -0.118. The molecule has 1 aliphatic heterocycles. The van der Waals surface area contributed by atoms with Crippen molar-refractivity contribution in [2.24, 2.45) is 0 Å². The lowest BCUT2D eigenvalue weighted by Crippen LogP contribution is -2.28. The fourth-order valence-corrected chi connectivity index (χ4v) is 7.89. The van der Waals surface area contributed by atoms with Crippen LogP contribution in [0.3, 0.4) is 0 Å². The van der Waals surface area contributed by atoms with Gasteiger partial charge in [0, 0.05) is 40.7 Å². The van der Waals surface area contributed by atoms with Crippen molar-refractivity contribution >= 4 is 68.0 Å². The van der Waals surface area contributed by atoms with Crippen molar-refractivity contribution in [2.75, 3.05) is 26.3 Å². The van der Waals surface area contributed by atoms with Crippen LogP contribution in [0, 0.1) is 22.7 Å². The Hall–Kier alpha value is -5.96. The summed E-state index contributed by atoms with van der Waals surface area (Å²) in [6.45, 7) is 3.88. The van der Waals surface area contributed by atoms with Gasteiger partial charge in [-0.3, -0.25) is 9.59 Å². The van der Waals surface area contributed by atoms with E-state index in [-0.39, 0.29) is 60.4 Å². The Morgan fingerprint density at radius 1 is 0.731 bits per heavy atom. The van der Waals surface area contributed by atoms with Crippen LogP contribution < -0.4 is 20.1 Å². The Kier molecular flexibility index (Phi) is 12.8. The highest BCUT2D eigenvalue weighted by Crippen LogP contribution is 2.43. The van der Waals surface area contributed by atoms with E-state index in [1.54, 1.807) is 62.4 Å². The van der Waals surface area contributed by atoms with Crippen molar-refractivity contribution in [2.45, 2.75) is 39.9 Å². The number of ether oxygens (including phenoxy) is 4. The second kappa shape index (κ2) is 17.8. The highest BCUT2D eigenvalue weighted by molar-refractivity contribution is 7.40. The second-order valence-corrected chi connectivity index (χ2v) is 13.4. The molecule has 12 nitrogen and oxygen atoms in total. The predicted octanol–water partition coefficient (Wildman–Crippen LogP) is 6.31. The van der Waals surface area contributed by atoms with Gasteiger partial charge in [0.15, 0.2) is 0 Å². The van der Waals surface area contributed by atoms with Crippen LogP contribution in [-0.2, 0) is 32.3 Å². The second-order valence-electron chi connectivity index (χ2n) is 11.1. The molecule has 0 bridgehead atoms. The number of hydrogen-bond acceptors (Lipinski definition) is 12. The molecule has 3 heterocycles. The highest BCUT2D eigenvalue weighted by atomic mass is 32.2. The molecule has 0 radical (unpaired) electrons. The summed E-state index contributed by atoms with van der Waals surface area (Å²) in [5.41, 5.74) is 1.53. The maximum absolute atomic E-state index is 13.3. The molecule has 52 heavy (non-hydrogen) atoms. The van der Waals surface area contributed by atoms with Crippen LogP contribution in [0.2, 0.25) is 0 Å². The minimum atomic E-state index is -0.577. The standard InChI is InChI=1S/C38H34N4O8S2/c1-3-47-36(45)32-27-21-49-29-13-7-5-11-23(29)17-25(19-39)34(43)41-15-9-10-16-42-35(44)26(20-40)18-24-12-6-8-14-30(24)50-22-28-31(27)38(51-32)52-33(28)37(46)48-4-2/h5-8,11-14,17-18H,3-4,9-10,15-16,21-22H2,1-2H3,(H,41,43)(H,42,44)/b25-17+,26-18+. The van der Waals surface area contributed by atoms with E-state index in [9.17, 15) is 29.7 Å². The van der Waals surface area contributed by atoms with E-state index in [4.69, 9.17) is 18.9 Å². The van der Waals surface area contributed by atoms with Gasteiger partial charge in [0.1, 0.15) is 57.8 Å². The fraction of sp³-hybridized carbons (Fsp3) is 0.263. The maximum atomic E-state index is 13.3. The average molecular weight is 739 g/mol. The SMILES string of the molecule is CCOC(=O)c1sc2sc(C(=O)OCC)c3c2c1COc1ccccc1/C=C(\C#N)C(=O)NCCCCNC(=O)/C(C#N)=C/c1ccccc1OC3. The summed E-state index contributed by atoms with van der Waals surface area (Å²) in [5.74, 6) is -1.59. The average Bonchev–Trinajstić information content (AvgIpc) is 3.69. The molecule has 0 unspecified atom stereocenters. The normalized spacial score (nSPS) is 16.3. The Morgan fingerprint density at radius 2 is 1.15 bits per heavy atom. The Balaban J connectivity index is 1.66. The van der Waals surface area contributed by atoms with E-state index in [0.29, 0.717) is 56.0 Å². The predicted molar refractivity (Wildman–Crippen MR) is 196 cm³/mol. The van der Waals surface area contributed by atoms with Crippen LogP contribution >= 0.6 is 22.7 Å². The number of hydrogen-bond donors (Lipinski definition) is 2. The largest absolute Gasteiger partial charge is 0.488 e. The van der Waals surface area contributed by atoms with E-state index in [1.165, 1.54) is 12.2 Å². The van der Waals surface area contributed by atoms with Gasteiger partial charge < -0.3 is 29.6 Å². The van der Waals surface area contributed by atoms with Gasteiger partial charge in [-0.15, -0.1) is 22.7 Å². The molecule has 4 aromatic rings. The molecule has 0 aliphatic carbocycles. The Morgan fingerprint density at radius 3 is 1.56 bits per heavy atom. The number of amides is 2. The van der Waals surface area contributed by atoms with Crippen LogP contribution in [0.1, 0.15) is 68.3 Å². The minimum absolute atomic E-state index is 0.133. The number of carbonyl (C=O) groups excluding carboxylic acids is 4. The van der Waals surface area contributed by atoms with E-state index < -0.39 is 23.8 Å². The Labute approximate surface area is 307 Å². The van der Waals surface area contributed by atoms with Crippen LogP contribution in [-0.4, -0.2) is 50.1 Å². The van der Waals surface area contributed by atoms with E-state index in [2.05, 4.69) is 10.6 Å². The number of para-hydroxylation sites is 2. The highest BCUT2D eigenvalue weighted by Gasteiger charge is 2.29. The number of rotatable bonds is 4. The number of thiophene rings is 2. The molecule has 2 amide bonds. The zero-order valence-electron chi connectivity index (χ0n) is 28.4. The number of carbonyl (C=O) groups is 4. The third-order valence-electron chi connectivity index (χ3n) is 7.75. The zero-order chi connectivity index (χ0) is 37.0. The number of esters is 2. The molecule has 0 atom stereocenters. The van der Waals surface area contributed by atoms with Gasteiger partial charge in [-0.2, -0.15) is 10.5 Å². The molecule has 14 heteroatoms. The molecule has 2 N–H and O–H groups in total. The van der Waals surface area contributed by atoms with Crippen molar-refractivity contribution in [3.63, 3.8) is 0 Å². The summed E-state index contributed by atoms with van der Waals surface area (Å²) in [6.07, 6.45) is 3.85. The molecule has 0 spiro atoms. The first kappa shape index (κ1) is 37.3. The van der Waals surface area contributed by atoms with Gasteiger partial charge in [-0.05, 0) is 51.0 Å². The van der Waals surface area contributed by atoms with E-state index >= 15 is 0 Å². The number of nitrogens with one attached hydrogen (secondary N) is 2. The first-order valence-electron chi connectivity index (χ1n) is 16.4. The van der Waals surface area contributed by atoms with Gasteiger partial charge >= 0.3 is 11.9 Å². The summed E-state index contributed by atoms with van der Waals surface area (Å²) in [6, 6.07) is 17.6. The number of nitriles is 2. The van der Waals surface area contributed by atoms with Gasteiger partial charge in [0.2, 0.25) is 0 Å². The van der Waals surface area contributed by atoms with Crippen LogP contribution in [0.4, 0.5) is 0 Å². The van der Waals surface area contributed by atoms with Crippen LogP contribution in [0.15, 0.2) is 59.7 Å². The van der Waals surface area contributed by atoms with Gasteiger partial charge in [0.25, 0.3) is 11.8 Å². The number of nitrogens with zero attached hydrogens (tertiary/aromatic N) is 2. The van der Waals surface area contributed by atoms with Gasteiger partial charge in [0.05, 0.1) is 17.2 Å². The minimum Gasteiger partial charge on any atom is -0.488 e. The molecule has 0 saturated carbocycles. The lowest BCUT2D eigenvalue weighted by atomic mass is 10.1. The van der Waals surface area contributed by atoms with Crippen molar-refractivity contribution < 1.29 is 38.1 Å². The molecule has 2 aromatic heterocycles. The van der Waals surface area contributed by atoms with Crippen molar-refractivity contribution in [3.05, 3.63) is 91.7 Å². The molecular weight excluding hydrogens is 705 g/mol. The van der Waals surface area contributed by atoms with E-state index in [1.807, 2.05) is 12.1 Å². The van der Waals surface area contributed by atoms with Gasteiger partial charge in [-0.25, -0.2) is 9.59 Å². The maximum Gasteiger partial charge on any atom is 0.348 e. The molecule has 2 aromatic carbocycles. The molecule has 0 fully saturated rings. The zero-order valence-corrected chi connectivity index (χ0v) is 30.0. The molecule has 266 valence electrons. The quantitative estimate of drug-likeness (QED) is 0.226. The fourth-order valence-electron chi connectivity index (χ4n) is 5.30.